The molecule has 0 bridgehead atoms. The van der Waals surface area contributed by atoms with Gasteiger partial charge in [-0.3, -0.25) is 19.7 Å². The fraction of sp³-hybridized carbons (Fsp3) is 0.263. The molecule has 154 valence electrons. The summed E-state index contributed by atoms with van der Waals surface area (Å²) in [6, 6.07) is 8.26. The highest BCUT2D eigenvalue weighted by atomic mass is 19.1. The third-order valence-electron chi connectivity index (χ3n) is 3.94. The monoisotopic (exact) mass is 407 g/mol. The maximum absolute atomic E-state index is 13.3. The van der Waals surface area contributed by atoms with Crippen molar-refractivity contribution in [3.63, 3.8) is 0 Å². The van der Waals surface area contributed by atoms with Crippen LogP contribution in [0.5, 0.6) is 5.75 Å². The molecule has 10 heteroatoms. The Labute approximate surface area is 165 Å². The van der Waals surface area contributed by atoms with E-state index in [0.717, 1.165) is 18.2 Å². The molecule has 2 rings (SSSR count). The van der Waals surface area contributed by atoms with E-state index in [1.54, 1.807) is 6.92 Å². The first-order chi connectivity index (χ1) is 13.8. The summed E-state index contributed by atoms with van der Waals surface area (Å²) in [5, 5.41) is 13.6. The fourth-order valence-corrected chi connectivity index (χ4v) is 2.39. The highest BCUT2D eigenvalue weighted by molar-refractivity contribution is 5.85. The lowest BCUT2D eigenvalue weighted by molar-refractivity contribution is -0.385. The number of amides is 2. The number of benzene rings is 2. The number of hydrogen-bond donors (Lipinski definition) is 1. The summed E-state index contributed by atoms with van der Waals surface area (Å²) in [6.07, 6.45) is 0. The zero-order chi connectivity index (χ0) is 21.4. The third-order valence-corrected chi connectivity index (χ3v) is 3.94. The largest absolute Gasteiger partial charge is 0.477 e. The molecule has 29 heavy (non-hydrogen) atoms. The van der Waals surface area contributed by atoms with Crippen LogP contribution in [-0.4, -0.2) is 41.3 Å². The molecule has 0 saturated heterocycles. The van der Waals surface area contributed by atoms with Crippen LogP contribution in [0.1, 0.15) is 12.5 Å². The summed E-state index contributed by atoms with van der Waals surface area (Å²) in [5.74, 6) is -2.55. The number of carbonyl (C=O) groups is 2. The molecule has 2 aromatic carbocycles. The van der Waals surface area contributed by atoms with Gasteiger partial charge in [0, 0.05) is 25.2 Å². The molecule has 0 saturated carbocycles. The van der Waals surface area contributed by atoms with Gasteiger partial charge in [0.1, 0.15) is 11.6 Å². The SMILES string of the molecule is CCN(CC(=O)NCc1ccc(F)cc1)C(=O)COc1cc(F)ccc1[N+](=O)[O-]. The van der Waals surface area contributed by atoms with E-state index in [1.807, 2.05) is 0 Å². The average Bonchev–Trinajstić information content (AvgIpc) is 2.69. The van der Waals surface area contributed by atoms with Gasteiger partial charge in [0.25, 0.3) is 5.91 Å². The second-order valence-electron chi connectivity index (χ2n) is 5.97. The number of rotatable bonds is 9. The molecule has 0 radical (unpaired) electrons. The molecular formula is C19H19F2N3O5. The number of nitro groups is 1. The van der Waals surface area contributed by atoms with E-state index >= 15 is 0 Å². The topological polar surface area (TPSA) is 102 Å². The highest BCUT2D eigenvalue weighted by Gasteiger charge is 2.20. The van der Waals surface area contributed by atoms with E-state index in [4.69, 9.17) is 4.74 Å². The Kier molecular flexibility index (Phi) is 7.58. The minimum absolute atomic E-state index is 0.164. The number of hydrogen-bond acceptors (Lipinski definition) is 5. The zero-order valence-corrected chi connectivity index (χ0v) is 15.6. The van der Waals surface area contributed by atoms with Gasteiger partial charge in [-0.05, 0) is 30.7 Å². The van der Waals surface area contributed by atoms with Crippen LogP contribution in [0.2, 0.25) is 0 Å². The molecule has 8 nitrogen and oxygen atoms in total. The predicted molar refractivity (Wildman–Crippen MR) is 99.1 cm³/mol. The van der Waals surface area contributed by atoms with Crippen LogP contribution in [-0.2, 0) is 16.1 Å². The van der Waals surface area contributed by atoms with Crippen LogP contribution in [0.3, 0.4) is 0 Å². The van der Waals surface area contributed by atoms with Crippen molar-refractivity contribution in [1.82, 2.24) is 10.2 Å². The van der Waals surface area contributed by atoms with Gasteiger partial charge in [-0.15, -0.1) is 0 Å². The molecule has 0 fully saturated rings. The van der Waals surface area contributed by atoms with Crippen molar-refractivity contribution in [2.75, 3.05) is 19.7 Å². The molecule has 0 heterocycles. The predicted octanol–water partition coefficient (Wildman–Crippen LogP) is 2.42. The number of nitrogens with one attached hydrogen (secondary N) is 1. The number of carbonyl (C=O) groups excluding carboxylic acids is 2. The zero-order valence-electron chi connectivity index (χ0n) is 15.6. The Hall–Kier alpha value is -3.56. The first-order valence-electron chi connectivity index (χ1n) is 8.65. The van der Waals surface area contributed by atoms with Crippen molar-refractivity contribution in [2.24, 2.45) is 0 Å². The van der Waals surface area contributed by atoms with E-state index in [-0.39, 0.29) is 31.2 Å². The number of halogens is 2. The van der Waals surface area contributed by atoms with Crippen LogP contribution in [0.4, 0.5) is 14.5 Å². The third kappa shape index (κ3) is 6.52. The van der Waals surface area contributed by atoms with Gasteiger partial charge in [-0.1, -0.05) is 12.1 Å². The Balaban J connectivity index is 1.90. The molecule has 2 amide bonds. The van der Waals surface area contributed by atoms with E-state index in [2.05, 4.69) is 5.32 Å². The number of nitrogens with zero attached hydrogens (tertiary/aromatic N) is 2. The lowest BCUT2D eigenvalue weighted by atomic mass is 10.2. The molecule has 0 unspecified atom stereocenters. The second kappa shape index (κ2) is 10.1. The van der Waals surface area contributed by atoms with Crippen molar-refractivity contribution in [1.29, 1.82) is 0 Å². The summed E-state index contributed by atoms with van der Waals surface area (Å²) in [6.45, 7) is 1.15. The standard InChI is InChI=1S/C19H19F2N3O5/c1-2-23(11-18(25)22-10-13-3-5-14(20)6-4-13)19(26)12-29-17-9-15(21)7-8-16(17)24(27)28/h3-9H,2,10-12H2,1H3,(H,22,25). The van der Waals surface area contributed by atoms with Crippen LogP contribution < -0.4 is 10.1 Å². The van der Waals surface area contributed by atoms with Crippen LogP contribution in [0.15, 0.2) is 42.5 Å². The van der Waals surface area contributed by atoms with Gasteiger partial charge < -0.3 is 15.0 Å². The molecule has 2 aromatic rings. The fourth-order valence-electron chi connectivity index (χ4n) is 2.39. The van der Waals surface area contributed by atoms with E-state index in [0.29, 0.717) is 5.56 Å². The van der Waals surface area contributed by atoms with Gasteiger partial charge in [-0.2, -0.15) is 0 Å². The van der Waals surface area contributed by atoms with E-state index < -0.39 is 34.8 Å². The Morgan fingerprint density at radius 3 is 2.41 bits per heavy atom. The van der Waals surface area contributed by atoms with E-state index in [1.165, 1.54) is 29.2 Å². The van der Waals surface area contributed by atoms with Crippen molar-refractivity contribution in [3.8, 4) is 5.75 Å². The number of likely N-dealkylation sites (N-methyl/N-ethyl adjacent to an activating group) is 1. The number of nitro benzene ring substituents is 1. The Morgan fingerprint density at radius 2 is 1.79 bits per heavy atom. The lowest BCUT2D eigenvalue weighted by Crippen LogP contribution is -2.42. The van der Waals surface area contributed by atoms with Crippen LogP contribution >= 0.6 is 0 Å². The molecule has 0 aliphatic rings. The second-order valence-corrected chi connectivity index (χ2v) is 5.97. The average molecular weight is 407 g/mol. The molecule has 0 spiro atoms. The summed E-state index contributed by atoms with van der Waals surface area (Å²) >= 11 is 0. The molecular weight excluding hydrogens is 388 g/mol. The molecule has 0 aliphatic carbocycles. The smallest absolute Gasteiger partial charge is 0.311 e. The van der Waals surface area contributed by atoms with Crippen molar-refractivity contribution >= 4 is 17.5 Å². The van der Waals surface area contributed by atoms with Crippen molar-refractivity contribution in [2.45, 2.75) is 13.5 Å². The van der Waals surface area contributed by atoms with Gasteiger partial charge in [0.15, 0.2) is 6.61 Å². The van der Waals surface area contributed by atoms with Crippen LogP contribution in [0, 0.1) is 21.7 Å². The summed E-state index contributed by atoms with van der Waals surface area (Å²) in [5.41, 5.74) is 0.218. The maximum atomic E-state index is 13.3. The molecule has 0 atom stereocenters. The highest BCUT2D eigenvalue weighted by Crippen LogP contribution is 2.27. The van der Waals surface area contributed by atoms with Crippen LogP contribution in [0.25, 0.3) is 0 Å². The summed E-state index contributed by atoms with van der Waals surface area (Å²) in [7, 11) is 0. The quantitative estimate of drug-likeness (QED) is 0.508. The Morgan fingerprint density at radius 1 is 1.14 bits per heavy atom. The van der Waals surface area contributed by atoms with Crippen molar-refractivity contribution in [3.05, 3.63) is 69.8 Å². The first kappa shape index (κ1) is 21.7. The Bertz CT molecular complexity index is 890. The minimum Gasteiger partial charge on any atom is -0.477 e. The summed E-state index contributed by atoms with van der Waals surface area (Å²) in [4.78, 5) is 35.7. The first-order valence-corrected chi connectivity index (χ1v) is 8.65. The van der Waals surface area contributed by atoms with Gasteiger partial charge >= 0.3 is 5.69 Å². The van der Waals surface area contributed by atoms with Gasteiger partial charge in [-0.25, -0.2) is 8.78 Å². The normalized spacial score (nSPS) is 10.3. The van der Waals surface area contributed by atoms with Gasteiger partial charge in [0.2, 0.25) is 11.7 Å². The maximum Gasteiger partial charge on any atom is 0.311 e. The van der Waals surface area contributed by atoms with Gasteiger partial charge in [0.05, 0.1) is 11.5 Å². The molecule has 0 aliphatic heterocycles. The molecule has 1 N–H and O–H groups in total. The lowest BCUT2D eigenvalue weighted by Gasteiger charge is -2.20. The number of ether oxygens (including phenoxy) is 1. The minimum atomic E-state index is -0.750. The van der Waals surface area contributed by atoms with Crippen molar-refractivity contribution < 1.29 is 28.0 Å². The summed E-state index contributed by atoms with van der Waals surface area (Å²) < 4.78 is 31.3. The van der Waals surface area contributed by atoms with E-state index in [9.17, 15) is 28.5 Å². The molecule has 0 aromatic heterocycles.